The maximum atomic E-state index is 12.0. The first kappa shape index (κ1) is 9.33. The quantitative estimate of drug-likeness (QED) is 0.493. The number of imide groups is 1. The number of piperidine rings is 1. The molecule has 0 aromatic heterocycles. The summed E-state index contributed by atoms with van der Waals surface area (Å²) in [5.74, 6) is 0.318. The summed E-state index contributed by atoms with van der Waals surface area (Å²) < 4.78 is 5.08. The minimum absolute atomic E-state index is 0.0476. The van der Waals surface area contributed by atoms with Crippen LogP contribution in [0.1, 0.15) is 25.7 Å². The van der Waals surface area contributed by atoms with Crippen molar-refractivity contribution in [2.24, 2.45) is 11.8 Å². The van der Waals surface area contributed by atoms with Crippen molar-refractivity contribution < 1.29 is 14.3 Å². The lowest BCUT2D eigenvalue weighted by Crippen LogP contribution is -2.52. The third-order valence-corrected chi connectivity index (χ3v) is 3.69. The number of carbonyl (C=O) groups excluding carboxylic acids is 2. The smallest absolute Gasteiger partial charge is 0.232 e. The largest absolute Gasteiger partial charge is 0.371 e. The van der Waals surface area contributed by atoms with E-state index in [2.05, 4.69) is 0 Å². The van der Waals surface area contributed by atoms with Gasteiger partial charge >= 0.3 is 0 Å². The first-order chi connectivity index (χ1) is 7.25. The van der Waals surface area contributed by atoms with E-state index in [9.17, 15) is 9.59 Å². The maximum absolute atomic E-state index is 12.0. The number of ether oxygens (including phenoxy) is 1. The lowest BCUT2D eigenvalue weighted by Gasteiger charge is -2.38. The van der Waals surface area contributed by atoms with Gasteiger partial charge in [-0.05, 0) is 19.3 Å². The summed E-state index contributed by atoms with van der Waals surface area (Å²) in [5.41, 5.74) is 0. The van der Waals surface area contributed by atoms with Crippen LogP contribution in [0.2, 0.25) is 0 Å². The van der Waals surface area contributed by atoms with Gasteiger partial charge in [-0.3, -0.25) is 14.5 Å². The summed E-state index contributed by atoms with van der Waals surface area (Å²) in [6.07, 6.45) is 3.87. The van der Waals surface area contributed by atoms with E-state index in [4.69, 9.17) is 4.74 Å². The van der Waals surface area contributed by atoms with Gasteiger partial charge in [-0.25, -0.2) is 0 Å². The predicted molar refractivity (Wildman–Crippen MR) is 51.9 cm³/mol. The molecule has 2 saturated heterocycles. The number of fused-ring (bicyclic) bond motifs is 2. The van der Waals surface area contributed by atoms with E-state index in [1.54, 1.807) is 0 Å². The van der Waals surface area contributed by atoms with E-state index in [0.717, 1.165) is 25.7 Å². The SMILES string of the molecule is O=C1C2CCCC(C2)C(=O)N1CC1CO1. The van der Waals surface area contributed by atoms with Crippen molar-refractivity contribution in [1.82, 2.24) is 4.90 Å². The molecule has 4 heteroatoms. The number of carbonyl (C=O) groups is 2. The van der Waals surface area contributed by atoms with Crippen LogP contribution in [0.4, 0.5) is 0 Å². The lowest BCUT2D eigenvalue weighted by molar-refractivity contribution is -0.158. The van der Waals surface area contributed by atoms with Crippen LogP contribution >= 0.6 is 0 Å². The molecule has 3 aliphatic rings. The molecule has 82 valence electrons. The molecule has 0 spiro atoms. The van der Waals surface area contributed by atoms with Crippen molar-refractivity contribution in [3.63, 3.8) is 0 Å². The lowest BCUT2D eigenvalue weighted by atomic mass is 9.77. The van der Waals surface area contributed by atoms with Gasteiger partial charge in [0, 0.05) is 11.8 Å². The number of amides is 2. The van der Waals surface area contributed by atoms with Crippen LogP contribution in [0, 0.1) is 11.8 Å². The first-order valence-corrected chi connectivity index (χ1v) is 5.72. The first-order valence-electron chi connectivity index (χ1n) is 5.72. The Morgan fingerprint density at radius 1 is 1.20 bits per heavy atom. The molecule has 15 heavy (non-hydrogen) atoms. The summed E-state index contributed by atoms with van der Waals surface area (Å²) in [5, 5.41) is 0. The fourth-order valence-corrected chi connectivity index (χ4v) is 2.74. The highest BCUT2D eigenvalue weighted by molar-refractivity contribution is 6.00. The van der Waals surface area contributed by atoms with Crippen LogP contribution in [-0.2, 0) is 14.3 Å². The van der Waals surface area contributed by atoms with Gasteiger partial charge in [0.2, 0.25) is 11.8 Å². The normalized spacial score (nSPS) is 39.5. The zero-order valence-corrected chi connectivity index (χ0v) is 8.65. The van der Waals surface area contributed by atoms with E-state index >= 15 is 0 Å². The highest BCUT2D eigenvalue weighted by Gasteiger charge is 2.44. The van der Waals surface area contributed by atoms with Crippen LogP contribution in [0.5, 0.6) is 0 Å². The second-order valence-electron chi connectivity index (χ2n) is 4.80. The molecule has 3 atom stereocenters. The standard InChI is InChI=1S/C11H15NO3/c13-10-7-2-1-3-8(4-7)11(14)12(10)5-9-6-15-9/h7-9H,1-6H2. The highest BCUT2D eigenvalue weighted by Crippen LogP contribution is 2.36. The fraction of sp³-hybridized carbons (Fsp3) is 0.818. The molecule has 2 heterocycles. The topological polar surface area (TPSA) is 49.9 Å². The molecule has 0 aromatic rings. The molecule has 3 rings (SSSR count). The highest BCUT2D eigenvalue weighted by atomic mass is 16.6. The zero-order chi connectivity index (χ0) is 10.4. The van der Waals surface area contributed by atoms with E-state index in [0.29, 0.717) is 13.2 Å². The van der Waals surface area contributed by atoms with E-state index in [1.807, 2.05) is 0 Å². The molecular weight excluding hydrogens is 194 g/mol. The van der Waals surface area contributed by atoms with Gasteiger partial charge < -0.3 is 4.74 Å². The Balaban J connectivity index is 1.79. The maximum Gasteiger partial charge on any atom is 0.232 e. The summed E-state index contributed by atoms with van der Waals surface area (Å²) >= 11 is 0. The summed E-state index contributed by atoms with van der Waals surface area (Å²) in [6, 6.07) is 0. The van der Waals surface area contributed by atoms with E-state index in [1.165, 1.54) is 4.90 Å². The predicted octanol–water partition coefficient (Wildman–Crippen LogP) is 0.560. The van der Waals surface area contributed by atoms with Gasteiger partial charge in [-0.1, -0.05) is 6.42 Å². The van der Waals surface area contributed by atoms with Gasteiger partial charge in [0.15, 0.2) is 0 Å². The average Bonchev–Trinajstić information content (AvgIpc) is 3.06. The van der Waals surface area contributed by atoms with Gasteiger partial charge in [0.25, 0.3) is 0 Å². The number of nitrogens with zero attached hydrogens (tertiary/aromatic N) is 1. The third kappa shape index (κ3) is 1.57. The number of likely N-dealkylation sites (tertiary alicyclic amines) is 1. The Labute approximate surface area is 88.6 Å². The third-order valence-electron chi connectivity index (χ3n) is 3.69. The Bertz CT molecular complexity index is 289. The van der Waals surface area contributed by atoms with Crippen molar-refractivity contribution in [1.29, 1.82) is 0 Å². The van der Waals surface area contributed by atoms with E-state index in [-0.39, 0.29) is 29.8 Å². The molecule has 2 bridgehead atoms. The van der Waals surface area contributed by atoms with Crippen LogP contribution in [0.15, 0.2) is 0 Å². The Hall–Kier alpha value is -0.900. The van der Waals surface area contributed by atoms with Gasteiger partial charge in [-0.2, -0.15) is 0 Å². The Kier molecular flexibility index (Phi) is 2.06. The summed E-state index contributed by atoms with van der Waals surface area (Å²) in [6.45, 7) is 1.19. The van der Waals surface area contributed by atoms with Gasteiger partial charge in [0.05, 0.1) is 19.3 Å². The molecule has 4 nitrogen and oxygen atoms in total. The van der Waals surface area contributed by atoms with Crippen molar-refractivity contribution >= 4 is 11.8 Å². The number of hydrogen-bond donors (Lipinski definition) is 0. The zero-order valence-electron chi connectivity index (χ0n) is 8.65. The van der Waals surface area contributed by atoms with E-state index < -0.39 is 0 Å². The van der Waals surface area contributed by atoms with Crippen molar-refractivity contribution in [2.75, 3.05) is 13.2 Å². The van der Waals surface area contributed by atoms with Crippen LogP contribution in [-0.4, -0.2) is 36.0 Å². The second-order valence-corrected chi connectivity index (χ2v) is 4.80. The molecule has 1 saturated carbocycles. The van der Waals surface area contributed by atoms with Crippen LogP contribution in [0.3, 0.4) is 0 Å². The van der Waals surface area contributed by atoms with Crippen molar-refractivity contribution in [3.8, 4) is 0 Å². The molecule has 0 aromatic carbocycles. The Morgan fingerprint density at radius 3 is 2.33 bits per heavy atom. The second kappa shape index (κ2) is 3.30. The monoisotopic (exact) mass is 209 g/mol. The van der Waals surface area contributed by atoms with Crippen LogP contribution in [0.25, 0.3) is 0 Å². The molecular formula is C11H15NO3. The fourth-order valence-electron chi connectivity index (χ4n) is 2.74. The minimum atomic E-state index is 0.0476. The minimum Gasteiger partial charge on any atom is -0.371 e. The van der Waals surface area contributed by atoms with Crippen molar-refractivity contribution in [3.05, 3.63) is 0 Å². The van der Waals surface area contributed by atoms with Crippen molar-refractivity contribution in [2.45, 2.75) is 31.8 Å². The number of rotatable bonds is 2. The molecule has 3 unspecified atom stereocenters. The van der Waals surface area contributed by atoms with Crippen LogP contribution < -0.4 is 0 Å². The average molecular weight is 209 g/mol. The Morgan fingerprint density at radius 2 is 1.80 bits per heavy atom. The summed E-state index contributed by atoms with van der Waals surface area (Å²) in [4.78, 5) is 25.4. The molecule has 3 fully saturated rings. The number of hydrogen-bond acceptors (Lipinski definition) is 3. The molecule has 0 N–H and O–H groups in total. The molecule has 2 aliphatic heterocycles. The van der Waals surface area contributed by atoms with Gasteiger partial charge in [0.1, 0.15) is 0 Å². The van der Waals surface area contributed by atoms with Gasteiger partial charge in [-0.15, -0.1) is 0 Å². The molecule has 0 radical (unpaired) electrons. The molecule has 2 amide bonds. The molecule has 1 aliphatic carbocycles. The number of epoxide rings is 1. The summed E-state index contributed by atoms with van der Waals surface area (Å²) in [7, 11) is 0.